The Labute approximate surface area is 324 Å². The van der Waals surface area contributed by atoms with E-state index in [0.29, 0.717) is 13.0 Å². The van der Waals surface area contributed by atoms with E-state index in [2.05, 4.69) is 38.2 Å². The van der Waals surface area contributed by atoms with Crippen LogP contribution >= 0.6 is 7.82 Å². The number of carbonyl (C=O) groups excluding carboxylic acids is 1. The Hall–Kier alpha value is -1.55. The summed E-state index contributed by atoms with van der Waals surface area (Å²) in [6.45, 7) is 3.86. The standard InChI is InChI=1S/C42H80NO9P/c1-3-5-7-9-11-13-15-17-19-20-21-22-24-26-28-30-32-34-41(44)52-39(37-50-53(47,48)51-38-40(43)42(45)46)36-49-35-33-31-29-27-25-23-18-16-14-12-10-8-6-4-2/h11,13,17,19,39-40H,3-10,12,14-16,18,20-38,43H2,1-2H3,(H,45,46)(H,47,48)/b13-11-,19-17-/t39-,40+/m1/s1. The van der Waals surface area contributed by atoms with Crippen molar-refractivity contribution >= 4 is 19.8 Å². The first kappa shape index (κ1) is 51.5. The van der Waals surface area contributed by atoms with Crippen molar-refractivity contribution in [2.75, 3.05) is 26.4 Å². The molecule has 0 saturated heterocycles. The minimum Gasteiger partial charge on any atom is -0.480 e. The van der Waals surface area contributed by atoms with E-state index >= 15 is 0 Å². The fraction of sp³-hybridized carbons (Fsp3) is 0.857. The first-order valence-corrected chi connectivity index (χ1v) is 22.9. The highest BCUT2D eigenvalue weighted by Crippen LogP contribution is 2.43. The summed E-state index contributed by atoms with van der Waals surface area (Å²) in [6.07, 6.45) is 40.8. The Morgan fingerprint density at radius 2 is 1.04 bits per heavy atom. The molecular formula is C42H80NO9P. The number of nitrogens with two attached hydrogens (primary N) is 1. The zero-order chi connectivity index (χ0) is 39.1. The second-order valence-electron chi connectivity index (χ2n) is 14.5. The highest BCUT2D eigenvalue weighted by molar-refractivity contribution is 7.47. The second kappa shape index (κ2) is 38.7. The molecule has 10 nitrogen and oxygen atoms in total. The van der Waals surface area contributed by atoms with E-state index in [1.165, 1.54) is 116 Å². The summed E-state index contributed by atoms with van der Waals surface area (Å²) < 4.78 is 33.3. The number of ether oxygens (including phenoxy) is 2. The molecule has 53 heavy (non-hydrogen) atoms. The maximum atomic E-state index is 12.6. The Bertz CT molecular complexity index is 946. The van der Waals surface area contributed by atoms with Gasteiger partial charge in [0.1, 0.15) is 12.1 Å². The van der Waals surface area contributed by atoms with E-state index in [-0.39, 0.29) is 13.0 Å². The van der Waals surface area contributed by atoms with Gasteiger partial charge in [-0.05, 0) is 44.9 Å². The lowest BCUT2D eigenvalue weighted by Crippen LogP contribution is -2.34. The van der Waals surface area contributed by atoms with Crippen LogP contribution in [0.2, 0.25) is 0 Å². The van der Waals surface area contributed by atoms with Crippen LogP contribution in [0.1, 0.15) is 194 Å². The lowest BCUT2D eigenvalue weighted by atomic mass is 10.0. The molecule has 0 aromatic rings. The summed E-state index contributed by atoms with van der Waals surface area (Å²) in [4.78, 5) is 33.5. The van der Waals surface area contributed by atoms with Gasteiger partial charge in [0.05, 0.1) is 19.8 Å². The highest BCUT2D eigenvalue weighted by Gasteiger charge is 2.27. The van der Waals surface area contributed by atoms with Crippen LogP contribution in [-0.2, 0) is 32.7 Å². The first-order chi connectivity index (χ1) is 25.7. The highest BCUT2D eigenvalue weighted by atomic mass is 31.2. The normalized spacial score (nSPS) is 14.2. The van der Waals surface area contributed by atoms with Crippen LogP contribution in [0.25, 0.3) is 0 Å². The quantitative estimate of drug-likeness (QED) is 0.0237. The van der Waals surface area contributed by atoms with Crippen molar-refractivity contribution in [2.45, 2.75) is 206 Å². The van der Waals surface area contributed by atoms with Gasteiger partial charge in [-0.3, -0.25) is 18.6 Å². The SMILES string of the molecule is CCCCC/C=C\C/C=C\CCCCCCCCCC(=O)O[C@H](COCCCCCCCCCCCCCCCC)COP(=O)(O)OC[C@H](N)C(=O)O. The summed E-state index contributed by atoms with van der Waals surface area (Å²) in [5.74, 6) is -1.78. The molecule has 0 aliphatic rings. The second-order valence-corrected chi connectivity index (χ2v) is 15.9. The van der Waals surface area contributed by atoms with Crippen LogP contribution in [0, 0.1) is 0 Å². The van der Waals surface area contributed by atoms with E-state index < -0.39 is 45.1 Å². The Morgan fingerprint density at radius 1 is 0.604 bits per heavy atom. The minimum atomic E-state index is -4.61. The molecule has 0 radical (unpaired) electrons. The van der Waals surface area contributed by atoms with E-state index in [0.717, 1.165) is 51.4 Å². The molecule has 0 aliphatic heterocycles. The third-order valence-corrected chi connectivity index (χ3v) is 10.2. The molecule has 1 unspecified atom stereocenters. The predicted octanol–water partition coefficient (Wildman–Crippen LogP) is 11.5. The average molecular weight is 774 g/mol. The topological polar surface area (TPSA) is 155 Å². The van der Waals surface area contributed by atoms with Crippen LogP contribution in [0.15, 0.2) is 24.3 Å². The molecule has 0 saturated carbocycles. The van der Waals surface area contributed by atoms with Crippen LogP contribution < -0.4 is 5.73 Å². The zero-order valence-corrected chi connectivity index (χ0v) is 34.8. The van der Waals surface area contributed by atoms with Crippen LogP contribution in [-0.4, -0.2) is 60.5 Å². The zero-order valence-electron chi connectivity index (χ0n) is 33.9. The van der Waals surface area contributed by atoms with Gasteiger partial charge in [0.25, 0.3) is 0 Å². The largest absolute Gasteiger partial charge is 0.480 e. The number of hydrogen-bond acceptors (Lipinski definition) is 8. The number of aliphatic carboxylic acids is 1. The number of phosphoric acid groups is 1. The molecule has 0 rings (SSSR count). The summed E-state index contributed by atoms with van der Waals surface area (Å²) in [6, 6.07) is -1.47. The molecule has 11 heteroatoms. The van der Waals surface area contributed by atoms with E-state index in [4.69, 9.17) is 29.4 Å². The Kier molecular flexibility index (Phi) is 37.6. The number of rotatable bonds is 41. The van der Waals surface area contributed by atoms with Gasteiger partial charge in [0, 0.05) is 13.0 Å². The van der Waals surface area contributed by atoms with Crippen molar-refractivity contribution in [3.8, 4) is 0 Å². The summed E-state index contributed by atoms with van der Waals surface area (Å²) in [5.41, 5.74) is 5.35. The molecule has 0 heterocycles. The molecule has 0 spiro atoms. The number of esters is 1. The fourth-order valence-electron chi connectivity index (χ4n) is 5.87. The van der Waals surface area contributed by atoms with Gasteiger partial charge in [0.2, 0.25) is 0 Å². The third-order valence-electron chi connectivity index (χ3n) is 9.23. The molecule has 0 bridgehead atoms. The molecule has 0 amide bonds. The molecule has 312 valence electrons. The number of carboxylic acids is 1. The summed E-state index contributed by atoms with van der Waals surface area (Å²) >= 11 is 0. The average Bonchev–Trinajstić information content (AvgIpc) is 3.13. The molecule has 0 aliphatic carbocycles. The van der Waals surface area contributed by atoms with E-state index in [1.807, 2.05) is 0 Å². The molecule has 3 atom stereocenters. The number of carboxylic acid groups (broad SMARTS) is 1. The van der Waals surface area contributed by atoms with Gasteiger partial charge in [-0.1, -0.05) is 167 Å². The fourth-order valence-corrected chi connectivity index (χ4v) is 6.65. The molecule has 4 N–H and O–H groups in total. The van der Waals surface area contributed by atoms with Gasteiger partial charge in [-0.2, -0.15) is 0 Å². The minimum absolute atomic E-state index is 0.0176. The smallest absolute Gasteiger partial charge is 0.472 e. The lowest BCUT2D eigenvalue weighted by Gasteiger charge is -2.20. The van der Waals surface area contributed by atoms with Crippen molar-refractivity contribution in [1.82, 2.24) is 0 Å². The van der Waals surface area contributed by atoms with Crippen molar-refractivity contribution in [3.05, 3.63) is 24.3 Å². The van der Waals surface area contributed by atoms with E-state index in [1.54, 1.807) is 0 Å². The first-order valence-electron chi connectivity index (χ1n) is 21.4. The summed E-state index contributed by atoms with van der Waals surface area (Å²) in [5, 5.41) is 8.89. The van der Waals surface area contributed by atoms with Crippen LogP contribution in [0.4, 0.5) is 0 Å². The van der Waals surface area contributed by atoms with Gasteiger partial charge in [-0.15, -0.1) is 0 Å². The molecule has 0 aromatic carbocycles. The summed E-state index contributed by atoms with van der Waals surface area (Å²) in [7, 11) is -4.61. The van der Waals surface area contributed by atoms with Crippen LogP contribution in [0.5, 0.6) is 0 Å². The van der Waals surface area contributed by atoms with E-state index in [9.17, 15) is 19.0 Å². The number of hydrogen-bond donors (Lipinski definition) is 3. The number of phosphoric ester groups is 1. The molecule has 0 fully saturated rings. The van der Waals surface area contributed by atoms with Crippen molar-refractivity contribution in [3.63, 3.8) is 0 Å². The number of unbranched alkanes of at least 4 members (excludes halogenated alkanes) is 23. The van der Waals surface area contributed by atoms with Crippen molar-refractivity contribution in [2.24, 2.45) is 5.73 Å². The number of carbonyl (C=O) groups is 2. The van der Waals surface area contributed by atoms with Gasteiger partial charge in [0.15, 0.2) is 0 Å². The monoisotopic (exact) mass is 774 g/mol. The maximum Gasteiger partial charge on any atom is 0.472 e. The van der Waals surface area contributed by atoms with Gasteiger partial charge in [-0.25, -0.2) is 4.57 Å². The Balaban J connectivity index is 4.24. The number of allylic oxidation sites excluding steroid dienone is 4. The van der Waals surface area contributed by atoms with Gasteiger partial charge < -0.3 is 25.2 Å². The van der Waals surface area contributed by atoms with Crippen molar-refractivity contribution in [1.29, 1.82) is 0 Å². The van der Waals surface area contributed by atoms with Crippen LogP contribution in [0.3, 0.4) is 0 Å². The van der Waals surface area contributed by atoms with Gasteiger partial charge >= 0.3 is 19.8 Å². The Morgan fingerprint density at radius 3 is 1.57 bits per heavy atom. The maximum absolute atomic E-state index is 12.6. The molecular weight excluding hydrogens is 693 g/mol. The molecule has 0 aromatic heterocycles. The lowest BCUT2D eigenvalue weighted by molar-refractivity contribution is -0.154. The van der Waals surface area contributed by atoms with Crippen molar-refractivity contribution < 1.29 is 42.7 Å². The predicted molar refractivity (Wildman–Crippen MR) is 217 cm³/mol. The third kappa shape index (κ3) is 38.5.